The van der Waals surface area contributed by atoms with Crippen LogP contribution in [0.25, 0.3) is 0 Å². The van der Waals surface area contributed by atoms with Crippen molar-refractivity contribution in [1.82, 2.24) is 0 Å². The van der Waals surface area contributed by atoms with E-state index in [1.165, 1.54) is 19.1 Å². The van der Waals surface area contributed by atoms with Crippen LogP contribution in [0, 0.1) is 10.1 Å². The number of aryl methyl sites for hydroxylation is 1. The molecule has 0 aromatic heterocycles. The number of rotatable bonds is 6. The van der Waals surface area contributed by atoms with E-state index in [9.17, 15) is 14.9 Å². The van der Waals surface area contributed by atoms with Gasteiger partial charge < -0.3 is 15.6 Å². The van der Waals surface area contributed by atoms with Crippen LogP contribution in [0.1, 0.15) is 19.4 Å². The number of carboxylic acids is 1. The lowest BCUT2D eigenvalue weighted by Gasteiger charge is -2.19. The molecule has 1 aromatic carbocycles. The van der Waals surface area contributed by atoms with Gasteiger partial charge in [-0.25, -0.2) is 0 Å². The Morgan fingerprint density at radius 3 is 2.68 bits per heavy atom. The maximum Gasteiger partial charge on any atom is 0.326 e. The number of benzene rings is 1. The molecule has 104 valence electrons. The first-order chi connectivity index (χ1) is 8.77. The fourth-order valence-electron chi connectivity index (χ4n) is 1.34. The lowest BCUT2D eigenvalue weighted by Crippen LogP contribution is -2.50. The lowest BCUT2D eigenvalue weighted by atomic mass is 10.1. The van der Waals surface area contributed by atoms with Crippen molar-refractivity contribution in [3.8, 4) is 5.75 Å². The summed E-state index contributed by atoms with van der Waals surface area (Å²) in [5, 5.41) is 19.8. The molecule has 1 aromatic rings. The molecule has 0 aliphatic heterocycles. The van der Waals surface area contributed by atoms with Crippen LogP contribution in [-0.4, -0.2) is 28.1 Å². The molecule has 7 nitrogen and oxygen atoms in total. The van der Waals surface area contributed by atoms with E-state index in [1.807, 2.05) is 6.92 Å². The fourth-order valence-corrected chi connectivity index (χ4v) is 1.34. The second-order valence-electron chi connectivity index (χ2n) is 4.42. The Hall–Kier alpha value is -2.15. The topological polar surface area (TPSA) is 116 Å². The van der Waals surface area contributed by atoms with Gasteiger partial charge in [0.05, 0.1) is 4.92 Å². The lowest BCUT2D eigenvalue weighted by molar-refractivity contribution is -0.386. The van der Waals surface area contributed by atoms with E-state index < -0.39 is 16.4 Å². The number of carbonyl (C=O) groups is 1. The summed E-state index contributed by atoms with van der Waals surface area (Å²) < 4.78 is 5.18. The highest BCUT2D eigenvalue weighted by Gasteiger charge is 2.30. The Morgan fingerprint density at radius 2 is 2.21 bits per heavy atom. The third-order valence-corrected chi connectivity index (χ3v) is 2.64. The molecule has 0 saturated heterocycles. The van der Waals surface area contributed by atoms with Gasteiger partial charge in [0, 0.05) is 6.07 Å². The summed E-state index contributed by atoms with van der Waals surface area (Å²) in [7, 11) is 0. The van der Waals surface area contributed by atoms with Crippen molar-refractivity contribution in [3.05, 3.63) is 33.9 Å². The van der Waals surface area contributed by atoms with Crippen molar-refractivity contribution < 1.29 is 19.6 Å². The third kappa shape index (κ3) is 3.65. The molecule has 0 radical (unpaired) electrons. The molecule has 1 atom stereocenters. The summed E-state index contributed by atoms with van der Waals surface area (Å²) in [6.45, 7) is 2.80. The maximum atomic E-state index is 10.9. The van der Waals surface area contributed by atoms with Crippen LogP contribution < -0.4 is 10.5 Å². The Morgan fingerprint density at radius 1 is 1.58 bits per heavy atom. The van der Waals surface area contributed by atoms with Gasteiger partial charge in [-0.3, -0.25) is 14.9 Å². The van der Waals surface area contributed by atoms with Crippen LogP contribution in [0.4, 0.5) is 5.69 Å². The quantitative estimate of drug-likeness (QED) is 0.594. The summed E-state index contributed by atoms with van der Waals surface area (Å²) in [4.78, 5) is 21.2. The molecule has 0 heterocycles. The van der Waals surface area contributed by atoms with Crippen molar-refractivity contribution in [3.63, 3.8) is 0 Å². The van der Waals surface area contributed by atoms with Gasteiger partial charge in [0.2, 0.25) is 0 Å². The van der Waals surface area contributed by atoms with E-state index in [2.05, 4.69) is 0 Å². The van der Waals surface area contributed by atoms with Gasteiger partial charge in [0.15, 0.2) is 5.75 Å². The van der Waals surface area contributed by atoms with Crippen LogP contribution in [0.15, 0.2) is 18.2 Å². The van der Waals surface area contributed by atoms with Gasteiger partial charge >= 0.3 is 11.7 Å². The summed E-state index contributed by atoms with van der Waals surface area (Å²) >= 11 is 0. The van der Waals surface area contributed by atoms with Gasteiger partial charge in [-0.15, -0.1) is 0 Å². The van der Waals surface area contributed by atoms with E-state index in [-0.39, 0.29) is 18.0 Å². The number of nitro benzene ring substituents is 1. The number of nitrogens with two attached hydrogens (primary N) is 1. The zero-order chi connectivity index (χ0) is 14.6. The second kappa shape index (κ2) is 5.66. The molecule has 19 heavy (non-hydrogen) atoms. The van der Waals surface area contributed by atoms with Crippen LogP contribution in [0.5, 0.6) is 5.75 Å². The number of carboxylic acid groups (broad SMARTS) is 1. The molecule has 0 bridgehead atoms. The SMILES string of the molecule is CCc1ccc(OCC(C)(N)C(=O)O)c([N+](=O)[O-])c1. The Labute approximate surface area is 110 Å². The molecule has 7 heteroatoms. The van der Waals surface area contributed by atoms with E-state index in [0.29, 0.717) is 6.42 Å². The average molecular weight is 268 g/mol. The first kappa shape index (κ1) is 14.9. The van der Waals surface area contributed by atoms with Gasteiger partial charge in [-0.05, 0) is 25.0 Å². The van der Waals surface area contributed by atoms with Crippen molar-refractivity contribution in [2.24, 2.45) is 5.73 Å². The number of nitro groups is 1. The largest absolute Gasteiger partial charge is 0.484 e. The standard InChI is InChI=1S/C12H16N2O5/c1-3-8-4-5-10(9(6-8)14(17)18)19-7-12(2,13)11(15)16/h4-6H,3,7,13H2,1-2H3,(H,15,16). The molecule has 0 spiro atoms. The average Bonchev–Trinajstić information content (AvgIpc) is 2.35. The first-order valence-electron chi connectivity index (χ1n) is 5.70. The van der Waals surface area contributed by atoms with Crippen LogP contribution in [-0.2, 0) is 11.2 Å². The normalized spacial score (nSPS) is 13.6. The Bertz CT molecular complexity index is 499. The molecule has 0 fully saturated rings. The predicted molar refractivity (Wildman–Crippen MR) is 68.2 cm³/mol. The van der Waals surface area contributed by atoms with Gasteiger partial charge in [-0.2, -0.15) is 0 Å². The minimum Gasteiger partial charge on any atom is -0.484 e. The number of hydrogen-bond acceptors (Lipinski definition) is 5. The summed E-state index contributed by atoms with van der Waals surface area (Å²) in [5.41, 5.74) is 4.50. The highest BCUT2D eigenvalue weighted by atomic mass is 16.6. The maximum absolute atomic E-state index is 10.9. The second-order valence-corrected chi connectivity index (χ2v) is 4.42. The number of hydrogen-bond donors (Lipinski definition) is 2. The molecule has 0 amide bonds. The molecular formula is C12H16N2O5. The third-order valence-electron chi connectivity index (χ3n) is 2.64. The Balaban J connectivity index is 2.95. The van der Waals surface area contributed by atoms with Crippen molar-refractivity contribution >= 4 is 11.7 Å². The fraction of sp³-hybridized carbons (Fsp3) is 0.417. The number of aliphatic carboxylic acids is 1. The molecule has 3 N–H and O–H groups in total. The molecule has 0 aliphatic carbocycles. The summed E-state index contributed by atoms with van der Waals surface area (Å²) in [6, 6.07) is 4.55. The molecule has 0 aliphatic rings. The van der Waals surface area contributed by atoms with E-state index in [0.717, 1.165) is 5.56 Å². The highest BCUT2D eigenvalue weighted by molar-refractivity contribution is 5.78. The zero-order valence-corrected chi connectivity index (χ0v) is 10.8. The van der Waals surface area contributed by atoms with Crippen LogP contribution in [0.3, 0.4) is 0 Å². The molecule has 1 rings (SSSR count). The van der Waals surface area contributed by atoms with Crippen LogP contribution >= 0.6 is 0 Å². The van der Waals surface area contributed by atoms with E-state index in [4.69, 9.17) is 15.6 Å². The van der Waals surface area contributed by atoms with Gasteiger partial charge in [0.1, 0.15) is 12.1 Å². The minimum atomic E-state index is -1.60. The monoisotopic (exact) mass is 268 g/mol. The molecule has 0 saturated carbocycles. The van der Waals surface area contributed by atoms with Gasteiger partial charge in [0.25, 0.3) is 0 Å². The highest BCUT2D eigenvalue weighted by Crippen LogP contribution is 2.28. The smallest absolute Gasteiger partial charge is 0.326 e. The van der Waals surface area contributed by atoms with E-state index in [1.54, 1.807) is 6.07 Å². The number of ether oxygens (including phenoxy) is 1. The predicted octanol–water partition coefficient (Wildman–Crippen LogP) is 1.34. The van der Waals surface area contributed by atoms with Crippen molar-refractivity contribution in [2.45, 2.75) is 25.8 Å². The van der Waals surface area contributed by atoms with Crippen molar-refractivity contribution in [2.75, 3.05) is 6.61 Å². The summed E-state index contributed by atoms with van der Waals surface area (Å²) in [6.07, 6.45) is 0.658. The first-order valence-corrected chi connectivity index (χ1v) is 5.70. The van der Waals surface area contributed by atoms with E-state index >= 15 is 0 Å². The zero-order valence-electron chi connectivity index (χ0n) is 10.8. The Kier molecular flexibility index (Phi) is 4.44. The minimum absolute atomic E-state index is 0.0140. The molecule has 1 unspecified atom stereocenters. The van der Waals surface area contributed by atoms with Crippen LogP contribution in [0.2, 0.25) is 0 Å². The van der Waals surface area contributed by atoms with Crippen molar-refractivity contribution in [1.29, 1.82) is 0 Å². The number of nitrogens with zero attached hydrogens (tertiary/aromatic N) is 1. The molecular weight excluding hydrogens is 252 g/mol. The summed E-state index contributed by atoms with van der Waals surface area (Å²) in [5.74, 6) is -1.22. The van der Waals surface area contributed by atoms with Gasteiger partial charge in [-0.1, -0.05) is 13.0 Å².